The minimum Gasteiger partial charge on any atom is -0.294 e. The van der Waals surface area contributed by atoms with Crippen molar-refractivity contribution in [1.82, 2.24) is 0 Å². The molecule has 2 rings (SSSR count). The molecule has 2 aromatic carbocycles. The average molecular weight is 256 g/mol. The molecule has 0 saturated heterocycles. The minimum absolute atomic E-state index is 0.0219. The van der Waals surface area contributed by atoms with Crippen LogP contribution in [0.3, 0.4) is 0 Å². The lowest BCUT2D eigenvalue weighted by Gasteiger charge is -2.03. The second-order valence-corrected chi connectivity index (χ2v) is 4.68. The molecule has 0 amide bonds. The van der Waals surface area contributed by atoms with Crippen molar-refractivity contribution in [3.63, 3.8) is 0 Å². The first-order chi connectivity index (χ1) is 9.19. The lowest BCUT2D eigenvalue weighted by atomic mass is 10.0. The molecule has 0 aromatic heterocycles. The molecule has 0 spiro atoms. The maximum Gasteiger partial charge on any atom is 0.167 e. The van der Waals surface area contributed by atoms with E-state index in [1.807, 2.05) is 24.3 Å². The Kier molecular flexibility index (Phi) is 4.45. The fourth-order valence-corrected chi connectivity index (χ4v) is 2.08. The van der Waals surface area contributed by atoms with Gasteiger partial charge in [0, 0.05) is 12.0 Å². The number of Topliss-reactive ketones (excluding diaryl/α,β-unsaturated/α-hetero) is 1. The van der Waals surface area contributed by atoms with Crippen LogP contribution in [-0.4, -0.2) is 5.78 Å². The zero-order chi connectivity index (χ0) is 13.7. The zero-order valence-electron chi connectivity index (χ0n) is 11.0. The Morgan fingerprint density at radius 2 is 1.79 bits per heavy atom. The molecule has 0 radical (unpaired) electrons. The molecule has 0 heterocycles. The van der Waals surface area contributed by atoms with Crippen molar-refractivity contribution in [1.29, 1.82) is 0 Å². The monoisotopic (exact) mass is 256 g/mol. The van der Waals surface area contributed by atoms with E-state index in [-0.39, 0.29) is 18.0 Å². The van der Waals surface area contributed by atoms with Crippen LogP contribution in [0.15, 0.2) is 48.5 Å². The lowest BCUT2D eigenvalue weighted by Crippen LogP contribution is -2.03. The van der Waals surface area contributed by atoms with Crippen molar-refractivity contribution in [3.05, 3.63) is 71.0 Å². The van der Waals surface area contributed by atoms with Crippen LogP contribution in [0.2, 0.25) is 0 Å². The fraction of sp³-hybridized carbons (Fsp3) is 0.235. The highest BCUT2D eigenvalue weighted by atomic mass is 19.1. The van der Waals surface area contributed by atoms with Crippen LogP contribution in [0, 0.1) is 5.82 Å². The Morgan fingerprint density at radius 3 is 2.42 bits per heavy atom. The van der Waals surface area contributed by atoms with Crippen molar-refractivity contribution in [2.45, 2.75) is 26.2 Å². The maximum atomic E-state index is 13.0. The first-order valence-corrected chi connectivity index (χ1v) is 6.55. The Hall–Kier alpha value is -1.96. The van der Waals surface area contributed by atoms with E-state index in [0.717, 1.165) is 12.8 Å². The molecular weight excluding hydrogens is 239 g/mol. The molecule has 0 aliphatic heterocycles. The lowest BCUT2D eigenvalue weighted by molar-refractivity contribution is 0.0993. The number of hydrogen-bond acceptors (Lipinski definition) is 1. The van der Waals surface area contributed by atoms with E-state index in [1.54, 1.807) is 12.1 Å². The summed E-state index contributed by atoms with van der Waals surface area (Å²) >= 11 is 0. The summed E-state index contributed by atoms with van der Waals surface area (Å²) in [4.78, 5) is 12.1. The largest absolute Gasteiger partial charge is 0.294 e. The molecule has 2 aromatic rings. The molecule has 1 nitrogen and oxygen atoms in total. The van der Waals surface area contributed by atoms with Crippen molar-refractivity contribution < 1.29 is 9.18 Å². The van der Waals surface area contributed by atoms with Gasteiger partial charge in [-0.15, -0.1) is 0 Å². The second-order valence-electron chi connectivity index (χ2n) is 4.68. The summed E-state index contributed by atoms with van der Waals surface area (Å²) in [6.45, 7) is 2.13. The minimum atomic E-state index is -0.302. The number of carbonyl (C=O) groups excluding carboxylic acids is 1. The average Bonchev–Trinajstić information content (AvgIpc) is 2.40. The molecule has 0 atom stereocenters. The predicted octanol–water partition coefficient (Wildman–Crippen LogP) is 4.20. The van der Waals surface area contributed by atoms with Crippen LogP contribution in [0.4, 0.5) is 4.39 Å². The fourth-order valence-electron chi connectivity index (χ4n) is 2.08. The SMILES string of the molecule is CCCc1ccc(C(=O)Cc2cccc(F)c2)cc1. The van der Waals surface area contributed by atoms with Gasteiger partial charge in [-0.2, -0.15) is 0 Å². The quantitative estimate of drug-likeness (QED) is 0.733. The molecule has 0 aliphatic carbocycles. The summed E-state index contributed by atoms with van der Waals surface area (Å²) in [6.07, 6.45) is 2.36. The molecule has 0 saturated carbocycles. The summed E-state index contributed by atoms with van der Waals surface area (Å²) in [5.41, 5.74) is 2.64. The van der Waals surface area contributed by atoms with Gasteiger partial charge in [0.05, 0.1) is 0 Å². The summed E-state index contributed by atoms with van der Waals surface area (Å²) in [5, 5.41) is 0. The van der Waals surface area contributed by atoms with Gasteiger partial charge in [0.25, 0.3) is 0 Å². The van der Waals surface area contributed by atoms with Gasteiger partial charge in [0.2, 0.25) is 0 Å². The van der Waals surface area contributed by atoms with Gasteiger partial charge in [-0.25, -0.2) is 4.39 Å². The smallest absolute Gasteiger partial charge is 0.167 e. The summed E-state index contributed by atoms with van der Waals surface area (Å²) < 4.78 is 13.0. The van der Waals surface area contributed by atoms with Gasteiger partial charge in [-0.05, 0) is 29.7 Å². The standard InChI is InChI=1S/C17H17FO/c1-2-4-13-7-9-15(10-8-13)17(19)12-14-5-3-6-16(18)11-14/h3,5-11H,2,4,12H2,1H3. The van der Waals surface area contributed by atoms with E-state index in [4.69, 9.17) is 0 Å². The van der Waals surface area contributed by atoms with Gasteiger partial charge in [-0.1, -0.05) is 49.7 Å². The van der Waals surface area contributed by atoms with E-state index >= 15 is 0 Å². The van der Waals surface area contributed by atoms with Crippen LogP contribution in [-0.2, 0) is 12.8 Å². The van der Waals surface area contributed by atoms with Crippen LogP contribution in [0.1, 0.15) is 34.8 Å². The van der Waals surface area contributed by atoms with Gasteiger partial charge in [0.1, 0.15) is 5.82 Å². The van der Waals surface area contributed by atoms with Gasteiger partial charge < -0.3 is 0 Å². The number of ketones is 1. The number of carbonyl (C=O) groups is 1. The Morgan fingerprint density at radius 1 is 1.05 bits per heavy atom. The van der Waals surface area contributed by atoms with E-state index in [2.05, 4.69) is 6.92 Å². The highest BCUT2D eigenvalue weighted by Crippen LogP contribution is 2.11. The first-order valence-electron chi connectivity index (χ1n) is 6.55. The van der Waals surface area contributed by atoms with Crippen molar-refractivity contribution >= 4 is 5.78 Å². The summed E-state index contributed by atoms with van der Waals surface area (Å²) in [5.74, 6) is -0.280. The van der Waals surface area contributed by atoms with Crippen molar-refractivity contribution in [2.75, 3.05) is 0 Å². The first kappa shape index (κ1) is 13.5. The highest BCUT2D eigenvalue weighted by Gasteiger charge is 2.07. The van der Waals surface area contributed by atoms with E-state index < -0.39 is 0 Å². The van der Waals surface area contributed by atoms with Gasteiger partial charge in [0.15, 0.2) is 5.78 Å². The van der Waals surface area contributed by atoms with Gasteiger partial charge in [-0.3, -0.25) is 4.79 Å². The van der Waals surface area contributed by atoms with Crippen molar-refractivity contribution in [2.24, 2.45) is 0 Å². The third kappa shape index (κ3) is 3.75. The highest BCUT2D eigenvalue weighted by molar-refractivity contribution is 5.97. The Balaban J connectivity index is 2.07. The number of halogens is 1. The maximum absolute atomic E-state index is 13.0. The molecule has 98 valence electrons. The third-order valence-electron chi connectivity index (χ3n) is 3.07. The van der Waals surface area contributed by atoms with E-state index in [1.165, 1.54) is 17.7 Å². The summed E-state index contributed by atoms with van der Waals surface area (Å²) in [6, 6.07) is 13.9. The number of hydrogen-bond donors (Lipinski definition) is 0. The third-order valence-corrected chi connectivity index (χ3v) is 3.07. The number of aryl methyl sites for hydroxylation is 1. The molecule has 0 N–H and O–H groups in total. The number of rotatable bonds is 5. The predicted molar refractivity (Wildman–Crippen MR) is 74.9 cm³/mol. The molecule has 2 heteroatoms. The van der Waals surface area contributed by atoms with Crippen molar-refractivity contribution in [3.8, 4) is 0 Å². The van der Waals surface area contributed by atoms with E-state index in [9.17, 15) is 9.18 Å². The number of benzene rings is 2. The van der Waals surface area contributed by atoms with Crippen LogP contribution in [0.5, 0.6) is 0 Å². The Labute approximate surface area is 113 Å². The molecule has 0 fully saturated rings. The second kappa shape index (κ2) is 6.28. The van der Waals surface area contributed by atoms with Crippen LogP contribution in [0.25, 0.3) is 0 Å². The molecule has 0 aliphatic rings. The Bertz CT molecular complexity index is 558. The zero-order valence-corrected chi connectivity index (χ0v) is 11.0. The molecule has 0 bridgehead atoms. The van der Waals surface area contributed by atoms with Crippen LogP contribution >= 0.6 is 0 Å². The van der Waals surface area contributed by atoms with Gasteiger partial charge >= 0.3 is 0 Å². The van der Waals surface area contributed by atoms with Crippen LogP contribution < -0.4 is 0 Å². The summed E-state index contributed by atoms with van der Waals surface area (Å²) in [7, 11) is 0. The molecule has 0 unspecified atom stereocenters. The molecule has 19 heavy (non-hydrogen) atoms. The normalized spacial score (nSPS) is 10.4. The van der Waals surface area contributed by atoms with E-state index in [0.29, 0.717) is 11.1 Å². The molecular formula is C17H17FO. The topological polar surface area (TPSA) is 17.1 Å².